The number of nitrogens with zero attached hydrogens (tertiary/aromatic N) is 3. The van der Waals surface area contributed by atoms with Crippen LogP contribution in [0, 0.1) is 11.6 Å². The number of thioether (sulfide) groups is 1. The molecule has 10 heteroatoms. The number of aromatic nitrogens is 2. The van der Waals surface area contributed by atoms with Crippen LogP contribution in [0.2, 0.25) is 5.02 Å². The summed E-state index contributed by atoms with van der Waals surface area (Å²) in [4.78, 5) is 20.6. The third-order valence-corrected chi connectivity index (χ3v) is 7.86. The zero-order chi connectivity index (χ0) is 24.1. The van der Waals surface area contributed by atoms with Crippen molar-refractivity contribution in [1.82, 2.24) is 14.9 Å². The maximum atomic E-state index is 14.9. The monoisotopic (exact) mass is 506 g/mol. The SMILES string of the molecule is COC1CSc2c(-c3ccc(F)cc3F)c(Cl)cc3c(N4C[C@@H](C)N[C@@H](C)C4)nc(=O)n(c23)C1. The molecule has 34 heavy (non-hydrogen) atoms. The van der Waals surface area contributed by atoms with Crippen molar-refractivity contribution in [1.29, 1.82) is 0 Å². The van der Waals surface area contributed by atoms with Crippen LogP contribution in [0.5, 0.6) is 0 Å². The molecule has 0 amide bonds. The van der Waals surface area contributed by atoms with Crippen LogP contribution >= 0.6 is 23.4 Å². The number of hydrogen-bond acceptors (Lipinski definition) is 6. The molecule has 0 radical (unpaired) electrons. The highest BCUT2D eigenvalue weighted by Gasteiger charge is 2.30. The Bertz CT molecular complexity index is 1320. The summed E-state index contributed by atoms with van der Waals surface area (Å²) in [7, 11) is 1.60. The van der Waals surface area contributed by atoms with E-state index in [-0.39, 0.29) is 29.4 Å². The van der Waals surface area contributed by atoms with Crippen molar-refractivity contribution in [3.63, 3.8) is 0 Å². The van der Waals surface area contributed by atoms with Gasteiger partial charge in [-0.25, -0.2) is 13.6 Å². The molecule has 5 rings (SSSR count). The van der Waals surface area contributed by atoms with Crippen molar-refractivity contribution in [2.24, 2.45) is 0 Å². The Kier molecular flexibility index (Phi) is 6.31. The van der Waals surface area contributed by atoms with Gasteiger partial charge in [0, 0.05) is 65.5 Å². The lowest BCUT2D eigenvalue weighted by atomic mass is 10.0. The van der Waals surface area contributed by atoms with Gasteiger partial charge in [0.2, 0.25) is 0 Å². The zero-order valence-corrected chi connectivity index (χ0v) is 20.6. The van der Waals surface area contributed by atoms with Gasteiger partial charge in [0.15, 0.2) is 0 Å². The first kappa shape index (κ1) is 23.5. The van der Waals surface area contributed by atoms with Gasteiger partial charge < -0.3 is 15.0 Å². The van der Waals surface area contributed by atoms with Crippen molar-refractivity contribution in [2.45, 2.75) is 43.5 Å². The summed E-state index contributed by atoms with van der Waals surface area (Å²) in [6.45, 7) is 5.87. The van der Waals surface area contributed by atoms with E-state index in [1.54, 1.807) is 17.7 Å². The normalized spacial score (nSPS) is 22.8. The number of ether oxygens (including phenoxy) is 1. The number of halogens is 3. The molecule has 2 aromatic carbocycles. The maximum Gasteiger partial charge on any atom is 0.350 e. The molecule has 6 nitrogen and oxygen atoms in total. The van der Waals surface area contributed by atoms with Gasteiger partial charge in [-0.05, 0) is 32.0 Å². The summed E-state index contributed by atoms with van der Waals surface area (Å²) in [6, 6.07) is 5.62. The minimum absolute atomic E-state index is 0.188. The number of nitrogens with one attached hydrogen (secondary N) is 1. The van der Waals surface area contributed by atoms with Gasteiger partial charge in [-0.15, -0.1) is 11.8 Å². The quantitative estimate of drug-likeness (QED) is 0.571. The van der Waals surface area contributed by atoms with Crippen LogP contribution in [-0.4, -0.2) is 53.7 Å². The van der Waals surface area contributed by atoms with E-state index in [0.717, 1.165) is 11.5 Å². The van der Waals surface area contributed by atoms with E-state index in [9.17, 15) is 13.6 Å². The predicted molar refractivity (Wildman–Crippen MR) is 132 cm³/mol. The molecule has 2 aliphatic rings. The van der Waals surface area contributed by atoms with Crippen molar-refractivity contribution in [3.05, 3.63) is 51.4 Å². The molecule has 180 valence electrons. The summed E-state index contributed by atoms with van der Waals surface area (Å²) in [5.41, 5.74) is 0.899. The fourth-order valence-corrected chi connectivity index (χ4v) is 6.61. The van der Waals surface area contributed by atoms with Crippen molar-refractivity contribution in [3.8, 4) is 11.1 Å². The highest BCUT2D eigenvalue weighted by Crippen LogP contribution is 2.46. The number of anilines is 1. The second-order valence-corrected chi connectivity index (χ2v) is 10.4. The van der Waals surface area contributed by atoms with E-state index in [4.69, 9.17) is 16.3 Å². The van der Waals surface area contributed by atoms with Crippen molar-refractivity contribution < 1.29 is 13.5 Å². The summed E-state index contributed by atoms with van der Waals surface area (Å²) in [5.74, 6) is -0.262. The molecular weight excluding hydrogens is 482 g/mol. The highest BCUT2D eigenvalue weighted by molar-refractivity contribution is 7.99. The number of rotatable bonds is 3. The average Bonchev–Trinajstić information content (AvgIpc) is 2.97. The van der Waals surface area contributed by atoms with Crippen molar-refractivity contribution >= 4 is 40.1 Å². The number of methoxy groups -OCH3 is 1. The number of hydrogen-bond donors (Lipinski definition) is 1. The number of benzene rings is 2. The third kappa shape index (κ3) is 4.08. The molecule has 0 spiro atoms. The molecule has 3 atom stereocenters. The zero-order valence-electron chi connectivity index (χ0n) is 19.1. The molecule has 0 saturated carbocycles. The Balaban J connectivity index is 1.83. The molecule has 1 fully saturated rings. The standard InChI is InChI=1S/C24H25ClF2N4O2S/c1-12-8-30(9-13(2)28-12)23-17-7-18(25)20(16-5-4-14(26)6-19(16)27)22-21(17)31(24(32)29-23)10-15(33-3)11-34-22/h4-7,12-13,15,28H,8-11H2,1-3H3/t12-,13+,15?. The minimum atomic E-state index is -0.710. The van der Waals surface area contributed by atoms with Gasteiger partial charge >= 0.3 is 5.69 Å². The van der Waals surface area contributed by atoms with Crippen LogP contribution in [0.1, 0.15) is 13.8 Å². The van der Waals surface area contributed by atoms with E-state index in [2.05, 4.69) is 29.0 Å². The van der Waals surface area contributed by atoms with Gasteiger partial charge in [-0.1, -0.05) is 11.6 Å². The Labute approximate surface area is 205 Å². The highest BCUT2D eigenvalue weighted by atomic mass is 35.5. The largest absolute Gasteiger partial charge is 0.379 e. The molecule has 1 saturated heterocycles. The first-order valence-corrected chi connectivity index (χ1v) is 12.5. The molecular formula is C24H25ClF2N4O2S. The molecule has 3 heterocycles. The van der Waals surface area contributed by atoms with Gasteiger partial charge in [-0.3, -0.25) is 4.57 Å². The Morgan fingerprint density at radius 2 is 1.91 bits per heavy atom. The summed E-state index contributed by atoms with van der Waals surface area (Å²) in [6.07, 6.45) is -0.241. The first-order valence-electron chi connectivity index (χ1n) is 11.2. The van der Waals surface area contributed by atoms with Crippen LogP contribution in [0.15, 0.2) is 34.0 Å². The smallest absolute Gasteiger partial charge is 0.350 e. The minimum Gasteiger partial charge on any atom is -0.379 e. The molecule has 1 unspecified atom stereocenters. The van der Waals surface area contributed by atoms with Crippen LogP contribution in [-0.2, 0) is 11.3 Å². The lowest BCUT2D eigenvalue weighted by Gasteiger charge is -2.37. The fourth-order valence-electron chi connectivity index (χ4n) is 4.93. The van der Waals surface area contributed by atoms with E-state index < -0.39 is 11.6 Å². The summed E-state index contributed by atoms with van der Waals surface area (Å²) >= 11 is 8.25. The molecule has 1 aromatic heterocycles. The molecule has 0 aliphatic carbocycles. The van der Waals surface area contributed by atoms with E-state index >= 15 is 0 Å². The Morgan fingerprint density at radius 3 is 2.59 bits per heavy atom. The summed E-state index contributed by atoms with van der Waals surface area (Å²) < 4.78 is 35.7. The fraction of sp³-hybridized carbons (Fsp3) is 0.417. The first-order chi connectivity index (χ1) is 16.3. The van der Waals surface area contributed by atoms with Gasteiger partial charge in [0.05, 0.1) is 23.2 Å². The van der Waals surface area contributed by atoms with Crippen LogP contribution < -0.4 is 15.9 Å². The Hall–Kier alpha value is -2.20. The van der Waals surface area contributed by atoms with Gasteiger partial charge in [-0.2, -0.15) is 4.98 Å². The van der Waals surface area contributed by atoms with Crippen LogP contribution in [0.3, 0.4) is 0 Å². The second-order valence-electron chi connectivity index (χ2n) is 8.95. The van der Waals surface area contributed by atoms with Crippen molar-refractivity contribution in [2.75, 3.05) is 30.9 Å². The van der Waals surface area contributed by atoms with Gasteiger partial charge in [0.1, 0.15) is 17.5 Å². The average molecular weight is 507 g/mol. The molecule has 0 bridgehead atoms. The predicted octanol–water partition coefficient (Wildman–Crippen LogP) is 4.30. The third-order valence-electron chi connectivity index (χ3n) is 6.34. The Morgan fingerprint density at radius 1 is 1.18 bits per heavy atom. The topological polar surface area (TPSA) is 59.4 Å². The second kappa shape index (κ2) is 9.11. The molecule has 3 aromatic rings. The van der Waals surface area contributed by atoms with Crippen LogP contribution in [0.25, 0.3) is 22.0 Å². The van der Waals surface area contributed by atoms with Crippen LogP contribution in [0.4, 0.5) is 14.6 Å². The van der Waals surface area contributed by atoms with E-state index in [1.165, 1.54) is 23.9 Å². The maximum absolute atomic E-state index is 14.9. The summed E-state index contributed by atoms with van der Waals surface area (Å²) in [5, 5.41) is 4.54. The molecule has 2 aliphatic heterocycles. The lowest BCUT2D eigenvalue weighted by Crippen LogP contribution is -2.55. The van der Waals surface area contributed by atoms with Gasteiger partial charge in [0.25, 0.3) is 0 Å². The molecule has 1 N–H and O–H groups in total. The number of piperazine rings is 1. The van der Waals surface area contributed by atoms with E-state index in [0.29, 0.717) is 52.2 Å². The van der Waals surface area contributed by atoms with E-state index in [1.807, 2.05) is 0 Å². The lowest BCUT2D eigenvalue weighted by molar-refractivity contribution is 0.107.